The molecule has 1 fully saturated rings. The van der Waals surface area contributed by atoms with Gasteiger partial charge in [0.25, 0.3) is 5.91 Å². The Kier molecular flexibility index (Phi) is 7.30. The van der Waals surface area contributed by atoms with E-state index in [0.29, 0.717) is 28.7 Å². The summed E-state index contributed by atoms with van der Waals surface area (Å²) in [5, 5.41) is 10.0. The number of hydrogen-bond donors (Lipinski definition) is 1. The third kappa shape index (κ3) is 5.14. The van der Waals surface area contributed by atoms with Crippen LogP contribution in [-0.2, 0) is 6.54 Å². The number of benzene rings is 3. The Morgan fingerprint density at radius 1 is 0.977 bits per heavy atom. The van der Waals surface area contributed by atoms with Crippen LogP contribution in [0.5, 0.6) is 5.75 Å². The second-order valence-electron chi connectivity index (χ2n) is 11.1. The second kappa shape index (κ2) is 11.4. The first-order valence-electron chi connectivity index (χ1n) is 14.4. The predicted octanol–water partition coefficient (Wildman–Crippen LogP) is 5.09. The van der Waals surface area contributed by atoms with E-state index in [4.69, 9.17) is 21.3 Å². The molecule has 0 aliphatic carbocycles. The largest absolute Gasteiger partial charge is 0.490 e. The minimum absolute atomic E-state index is 0.00156. The molecule has 1 amide bonds. The molecule has 218 valence electrons. The zero-order valence-electron chi connectivity index (χ0n) is 23.7. The number of aliphatic hydroxyl groups excluding tert-OH is 1. The van der Waals surface area contributed by atoms with Crippen molar-refractivity contribution in [2.24, 2.45) is 0 Å². The van der Waals surface area contributed by atoms with Crippen molar-refractivity contribution in [2.75, 3.05) is 33.4 Å². The van der Waals surface area contributed by atoms with E-state index in [9.17, 15) is 9.90 Å². The van der Waals surface area contributed by atoms with Crippen LogP contribution in [0.3, 0.4) is 0 Å². The monoisotopic (exact) mass is 594 g/mol. The van der Waals surface area contributed by atoms with Crippen molar-refractivity contribution in [2.45, 2.75) is 25.0 Å². The highest BCUT2D eigenvalue weighted by molar-refractivity contribution is 6.31. The predicted molar refractivity (Wildman–Crippen MR) is 165 cm³/mol. The van der Waals surface area contributed by atoms with Gasteiger partial charge in [-0.25, -0.2) is 15.0 Å². The van der Waals surface area contributed by atoms with Crippen LogP contribution in [-0.4, -0.2) is 79.7 Å². The van der Waals surface area contributed by atoms with Crippen molar-refractivity contribution < 1.29 is 14.6 Å². The van der Waals surface area contributed by atoms with Crippen molar-refractivity contribution in [1.29, 1.82) is 0 Å². The number of hydrogen-bond acceptors (Lipinski definition) is 7. The highest BCUT2D eigenvalue weighted by atomic mass is 35.5. The molecule has 0 saturated carbocycles. The molecule has 0 radical (unpaired) electrons. The summed E-state index contributed by atoms with van der Waals surface area (Å²) in [4.78, 5) is 31.9. The van der Waals surface area contributed by atoms with Crippen LogP contribution in [0.1, 0.15) is 28.4 Å². The van der Waals surface area contributed by atoms with Gasteiger partial charge in [0.2, 0.25) is 0 Å². The Morgan fingerprint density at radius 2 is 1.79 bits per heavy atom. The van der Waals surface area contributed by atoms with Crippen LogP contribution in [0.4, 0.5) is 0 Å². The average Bonchev–Trinajstić information content (AvgIpc) is 3.57. The minimum atomic E-state index is -0.0856. The van der Waals surface area contributed by atoms with Gasteiger partial charge in [0.05, 0.1) is 29.2 Å². The molecule has 10 heteroatoms. The number of likely N-dealkylation sites (tertiary alicyclic amines) is 1. The third-order valence-electron chi connectivity index (χ3n) is 8.29. The quantitative estimate of drug-likeness (QED) is 0.280. The average molecular weight is 595 g/mol. The summed E-state index contributed by atoms with van der Waals surface area (Å²) < 4.78 is 8.25. The van der Waals surface area contributed by atoms with Crippen LogP contribution < -0.4 is 4.74 Å². The van der Waals surface area contributed by atoms with Gasteiger partial charge in [-0.2, -0.15) is 0 Å². The molecule has 2 aliphatic rings. The number of rotatable bonds is 7. The molecule has 0 spiro atoms. The summed E-state index contributed by atoms with van der Waals surface area (Å²) in [7, 11) is 2.10. The highest BCUT2D eigenvalue weighted by Gasteiger charge is 2.38. The molecule has 9 nitrogen and oxygen atoms in total. The number of carbonyl (C=O) groups is 1. The summed E-state index contributed by atoms with van der Waals surface area (Å²) in [5.41, 5.74) is 5.24. The number of likely N-dealkylation sites (N-methyl/N-ethyl adjacent to an activating group) is 1. The van der Waals surface area contributed by atoms with Crippen molar-refractivity contribution in [3.05, 3.63) is 95.3 Å². The third-order valence-corrected chi connectivity index (χ3v) is 8.52. The summed E-state index contributed by atoms with van der Waals surface area (Å²) in [5.74, 6) is 2.10. The number of imidazole rings is 1. The number of carbonyl (C=O) groups excluding carboxylic acids is 1. The molecule has 2 aromatic heterocycles. The molecule has 4 heterocycles. The molecule has 2 aliphatic heterocycles. The zero-order chi connectivity index (χ0) is 29.5. The summed E-state index contributed by atoms with van der Waals surface area (Å²) in [6.07, 6.45) is 4.23. The number of fused-ring (bicyclic) bond motifs is 2. The lowest BCUT2D eigenvalue weighted by Crippen LogP contribution is -2.50. The number of ether oxygens (including phenoxy) is 1. The fourth-order valence-corrected chi connectivity index (χ4v) is 6.61. The fourth-order valence-electron chi connectivity index (χ4n) is 6.43. The Labute approximate surface area is 254 Å². The van der Waals surface area contributed by atoms with E-state index < -0.39 is 0 Å². The van der Waals surface area contributed by atoms with E-state index >= 15 is 0 Å². The van der Waals surface area contributed by atoms with E-state index in [2.05, 4.69) is 32.5 Å². The van der Waals surface area contributed by atoms with Crippen molar-refractivity contribution in [3.8, 4) is 28.5 Å². The standard InChI is InChI=1S/C33H31ClN6O3/c1-38-19-24(39-18-22-7-9-23(34)16-27(22)33(39)42)17-25(20-38)40-29-15-21(31-35-11-4-12-36-31)8-10-28(29)37-32(40)26-5-2-3-6-30(26)43-14-13-41/h2-12,15-16,24-25,41H,13-14,17-20H2,1H3/t24?,25-/m1/s1. The zero-order valence-corrected chi connectivity index (χ0v) is 24.5. The molecule has 7 rings (SSSR count). The van der Waals surface area contributed by atoms with Gasteiger partial charge in [0, 0.05) is 54.2 Å². The second-order valence-corrected chi connectivity index (χ2v) is 11.6. The Hall–Kier alpha value is -4.31. The van der Waals surface area contributed by atoms with Crippen LogP contribution in [0.2, 0.25) is 5.02 Å². The normalized spacial score (nSPS) is 18.8. The highest BCUT2D eigenvalue weighted by Crippen LogP contribution is 2.39. The number of nitrogens with zero attached hydrogens (tertiary/aromatic N) is 6. The maximum atomic E-state index is 13.6. The molecule has 43 heavy (non-hydrogen) atoms. The van der Waals surface area contributed by atoms with E-state index in [-0.39, 0.29) is 31.2 Å². The lowest BCUT2D eigenvalue weighted by Gasteiger charge is -2.41. The van der Waals surface area contributed by atoms with Gasteiger partial charge in [0.1, 0.15) is 18.2 Å². The van der Waals surface area contributed by atoms with Crippen LogP contribution >= 0.6 is 11.6 Å². The number of piperidine rings is 1. The summed E-state index contributed by atoms with van der Waals surface area (Å²) in [6.45, 7) is 2.22. The number of halogens is 1. The SMILES string of the molecule is CN1CC(N2Cc3ccc(Cl)cc3C2=O)C[C@@H](n2c(-c3ccccc3OCCO)nc3ccc(-c4ncccn4)cc32)C1. The Morgan fingerprint density at radius 3 is 2.63 bits per heavy atom. The van der Waals surface area contributed by atoms with E-state index in [0.717, 1.165) is 53.1 Å². The van der Waals surface area contributed by atoms with Gasteiger partial charge in [-0.3, -0.25) is 4.79 Å². The van der Waals surface area contributed by atoms with Crippen molar-refractivity contribution in [3.63, 3.8) is 0 Å². The topological polar surface area (TPSA) is 96.6 Å². The van der Waals surface area contributed by atoms with E-state index in [1.165, 1.54) is 0 Å². The van der Waals surface area contributed by atoms with E-state index in [1.807, 2.05) is 53.4 Å². The molecule has 1 saturated heterocycles. The minimum Gasteiger partial charge on any atom is -0.490 e. The van der Waals surface area contributed by atoms with Gasteiger partial charge >= 0.3 is 0 Å². The number of amides is 1. The fraction of sp³-hybridized carbons (Fsp3) is 0.273. The maximum absolute atomic E-state index is 13.6. The molecule has 0 bridgehead atoms. The first-order valence-corrected chi connectivity index (χ1v) is 14.8. The van der Waals surface area contributed by atoms with Gasteiger partial charge < -0.3 is 24.2 Å². The van der Waals surface area contributed by atoms with Gasteiger partial charge in [0.15, 0.2) is 5.82 Å². The Bertz CT molecular complexity index is 1810. The smallest absolute Gasteiger partial charge is 0.254 e. The Balaban J connectivity index is 1.34. The van der Waals surface area contributed by atoms with Crippen molar-refractivity contribution in [1.82, 2.24) is 29.3 Å². The lowest BCUT2D eigenvalue weighted by molar-refractivity contribution is 0.0532. The molecule has 1 unspecified atom stereocenters. The lowest BCUT2D eigenvalue weighted by atomic mass is 9.98. The van der Waals surface area contributed by atoms with Crippen molar-refractivity contribution >= 4 is 28.5 Å². The number of para-hydroxylation sites is 1. The molecule has 3 aromatic carbocycles. The molecule has 5 aromatic rings. The van der Waals surface area contributed by atoms with E-state index in [1.54, 1.807) is 24.5 Å². The molecule has 1 N–H and O–H groups in total. The summed E-state index contributed by atoms with van der Waals surface area (Å²) in [6, 6.07) is 21.3. The number of aliphatic hydroxyl groups is 1. The maximum Gasteiger partial charge on any atom is 0.254 e. The molecular formula is C33H31ClN6O3. The molecular weight excluding hydrogens is 564 g/mol. The van der Waals surface area contributed by atoms with Crippen LogP contribution in [0.15, 0.2) is 79.1 Å². The van der Waals surface area contributed by atoms with Crippen LogP contribution in [0, 0.1) is 0 Å². The first-order chi connectivity index (χ1) is 21.0. The first kappa shape index (κ1) is 27.5. The van der Waals surface area contributed by atoms with Gasteiger partial charge in [-0.1, -0.05) is 29.8 Å². The van der Waals surface area contributed by atoms with Gasteiger partial charge in [-0.05, 0) is 67.6 Å². The van der Waals surface area contributed by atoms with Crippen LogP contribution in [0.25, 0.3) is 33.8 Å². The molecule has 2 atom stereocenters. The number of aromatic nitrogens is 4. The summed E-state index contributed by atoms with van der Waals surface area (Å²) >= 11 is 6.25. The van der Waals surface area contributed by atoms with Gasteiger partial charge in [-0.15, -0.1) is 0 Å².